The minimum Gasteiger partial charge on any atom is -0.149 e. The Labute approximate surface area is 117 Å². The second kappa shape index (κ2) is 11.4. The van der Waals surface area contributed by atoms with Crippen LogP contribution in [0.2, 0.25) is 0 Å². The number of hydrogen-bond acceptors (Lipinski definition) is 1. The van der Waals surface area contributed by atoms with Gasteiger partial charge in [0, 0.05) is 11.3 Å². The molecule has 100 valence electrons. The lowest BCUT2D eigenvalue weighted by Gasteiger charge is -2.01. The van der Waals surface area contributed by atoms with Gasteiger partial charge in [-0.15, -0.1) is 23.7 Å². The van der Waals surface area contributed by atoms with E-state index in [1.807, 2.05) is 11.3 Å². The molecule has 0 aliphatic heterocycles. The molecule has 18 heavy (non-hydrogen) atoms. The van der Waals surface area contributed by atoms with Gasteiger partial charge in [0.2, 0.25) is 0 Å². The Morgan fingerprint density at radius 3 is 2.06 bits per heavy atom. The molecular formula is C17H26S. The average Bonchev–Trinajstić information content (AvgIpc) is 2.89. The zero-order chi connectivity index (χ0) is 12.9. The third-order valence-electron chi connectivity index (χ3n) is 3.32. The molecule has 0 bridgehead atoms. The number of thiophene rings is 1. The highest BCUT2D eigenvalue weighted by Crippen LogP contribution is 2.14. The fourth-order valence-electron chi connectivity index (χ4n) is 2.22. The molecule has 0 saturated heterocycles. The van der Waals surface area contributed by atoms with Crippen molar-refractivity contribution in [1.82, 2.24) is 0 Å². The van der Waals surface area contributed by atoms with Gasteiger partial charge in [-0.05, 0) is 30.7 Å². The molecule has 1 aromatic rings. The fraction of sp³-hybridized carbons (Fsp3) is 0.647. The van der Waals surface area contributed by atoms with Crippen molar-refractivity contribution in [3.8, 4) is 12.3 Å². The van der Waals surface area contributed by atoms with Crippen LogP contribution in [0.3, 0.4) is 0 Å². The predicted molar refractivity (Wildman–Crippen MR) is 83.0 cm³/mol. The average molecular weight is 262 g/mol. The van der Waals surface area contributed by atoms with Crippen molar-refractivity contribution in [2.75, 3.05) is 0 Å². The molecule has 0 aliphatic carbocycles. The van der Waals surface area contributed by atoms with E-state index in [0.717, 1.165) is 6.42 Å². The van der Waals surface area contributed by atoms with Crippen molar-refractivity contribution < 1.29 is 0 Å². The maximum atomic E-state index is 5.22. The van der Waals surface area contributed by atoms with Gasteiger partial charge in [0.05, 0.1) is 0 Å². The summed E-state index contributed by atoms with van der Waals surface area (Å²) in [6, 6.07) is 4.40. The smallest absolute Gasteiger partial charge is 0.00860 e. The van der Waals surface area contributed by atoms with E-state index in [2.05, 4.69) is 23.4 Å². The van der Waals surface area contributed by atoms with Crippen LogP contribution in [0.15, 0.2) is 17.5 Å². The molecule has 1 heterocycles. The molecule has 0 aromatic carbocycles. The van der Waals surface area contributed by atoms with Crippen LogP contribution < -0.4 is 0 Å². The highest BCUT2D eigenvalue weighted by Gasteiger charge is 1.95. The van der Waals surface area contributed by atoms with Crippen molar-refractivity contribution in [2.24, 2.45) is 0 Å². The summed E-state index contributed by atoms with van der Waals surface area (Å²) in [5, 5.41) is 2.18. The molecule has 1 heteroatoms. The molecule has 0 aliphatic rings. The van der Waals surface area contributed by atoms with E-state index in [1.165, 1.54) is 64.2 Å². The SMILES string of the molecule is C#CCCCCCCCCCCCc1cccs1. The molecule has 1 rings (SSSR count). The summed E-state index contributed by atoms with van der Waals surface area (Å²) < 4.78 is 0. The molecular weight excluding hydrogens is 236 g/mol. The second-order valence-electron chi connectivity index (χ2n) is 4.97. The van der Waals surface area contributed by atoms with Crippen LogP contribution >= 0.6 is 11.3 Å². The highest BCUT2D eigenvalue weighted by molar-refractivity contribution is 7.09. The van der Waals surface area contributed by atoms with Crippen LogP contribution in [-0.4, -0.2) is 0 Å². The summed E-state index contributed by atoms with van der Waals surface area (Å²) in [6.45, 7) is 0. The Hall–Kier alpha value is -0.740. The van der Waals surface area contributed by atoms with E-state index >= 15 is 0 Å². The minimum atomic E-state index is 0.961. The van der Waals surface area contributed by atoms with Gasteiger partial charge in [0.1, 0.15) is 0 Å². The summed E-state index contributed by atoms with van der Waals surface area (Å²) in [6.07, 6.45) is 19.8. The topological polar surface area (TPSA) is 0 Å². The van der Waals surface area contributed by atoms with E-state index in [4.69, 9.17) is 6.42 Å². The summed E-state index contributed by atoms with van der Waals surface area (Å²) in [7, 11) is 0. The monoisotopic (exact) mass is 262 g/mol. The van der Waals surface area contributed by atoms with Gasteiger partial charge >= 0.3 is 0 Å². The summed E-state index contributed by atoms with van der Waals surface area (Å²) in [4.78, 5) is 1.54. The molecule has 0 atom stereocenters. The van der Waals surface area contributed by atoms with Crippen LogP contribution in [0.5, 0.6) is 0 Å². The first-order valence-corrected chi connectivity index (χ1v) is 8.27. The molecule has 0 radical (unpaired) electrons. The number of terminal acetylenes is 1. The first kappa shape index (κ1) is 15.3. The molecule has 0 fully saturated rings. The summed E-state index contributed by atoms with van der Waals surface area (Å²) in [5.74, 6) is 2.71. The quantitative estimate of drug-likeness (QED) is 0.348. The van der Waals surface area contributed by atoms with Crippen LogP contribution in [0.4, 0.5) is 0 Å². The highest BCUT2D eigenvalue weighted by atomic mass is 32.1. The van der Waals surface area contributed by atoms with Crippen molar-refractivity contribution in [2.45, 2.75) is 70.6 Å². The number of rotatable bonds is 11. The Morgan fingerprint density at radius 1 is 0.889 bits per heavy atom. The lowest BCUT2D eigenvalue weighted by molar-refractivity contribution is 0.561. The Kier molecular flexibility index (Phi) is 9.66. The zero-order valence-electron chi connectivity index (χ0n) is 11.5. The number of unbranched alkanes of at least 4 members (excludes halogenated alkanes) is 9. The largest absolute Gasteiger partial charge is 0.149 e. The van der Waals surface area contributed by atoms with Crippen molar-refractivity contribution in [3.05, 3.63) is 22.4 Å². The van der Waals surface area contributed by atoms with Gasteiger partial charge in [0.15, 0.2) is 0 Å². The summed E-state index contributed by atoms with van der Waals surface area (Å²) in [5.41, 5.74) is 0. The lowest BCUT2D eigenvalue weighted by atomic mass is 10.1. The Bertz CT molecular complexity index is 305. The molecule has 0 amide bonds. The second-order valence-corrected chi connectivity index (χ2v) is 6.00. The maximum Gasteiger partial charge on any atom is 0.00860 e. The van der Waals surface area contributed by atoms with Gasteiger partial charge < -0.3 is 0 Å². The van der Waals surface area contributed by atoms with Crippen LogP contribution in [-0.2, 0) is 6.42 Å². The van der Waals surface area contributed by atoms with E-state index in [1.54, 1.807) is 4.88 Å². The van der Waals surface area contributed by atoms with Gasteiger partial charge in [-0.3, -0.25) is 0 Å². The lowest BCUT2D eigenvalue weighted by Crippen LogP contribution is -1.84. The molecule has 0 nitrogen and oxygen atoms in total. The Balaban J connectivity index is 1.75. The zero-order valence-corrected chi connectivity index (χ0v) is 12.3. The molecule has 1 aromatic heterocycles. The van der Waals surface area contributed by atoms with Crippen LogP contribution in [0, 0.1) is 12.3 Å². The summed E-state index contributed by atoms with van der Waals surface area (Å²) >= 11 is 1.89. The first-order chi connectivity index (χ1) is 8.93. The maximum absolute atomic E-state index is 5.22. The number of hydrogen-bond donors (Lipinski definition) is 0. The van der Waals surface area contributed by atoms with E-state index < -0.39 is 0 Å². The molecule has 0 saturated carbocycles. The van der Waals surface area contributed by atoms with Crippen molar-refractivity contribution in [3.63, 3.8) is 0 Å². The van der Waals surface area contributed by atoms with E-state index in [9.17, 15) is 0 Å². The minimum absolute atomic E-state index is 0.961. The van der Waals surface area contributed by atoms with E-state index in [-0.39, 0.29) is 0 Å². The first-order valence-electron chi connectivity index (χ1n) is 7.39. The van der Waals surface area contributed by atoms with Gasteiger partial charge in [-0.2, -0.15) is 0 Å². The molecule has 0 spiro atoms. The standard InChI is InChI=1S/C17H26S/c1-2-3-4-5-6-7-8-9-10-11-12-14-17-15-13-16-18-17/h1,13,15-16H,3-12,14H2. The van der Waals surface area contributed by atoms with Gasteiger partial charge in [-0.25, -0.2) is 0 Å². The van der Waals surface area contributed by atoms with Crippen molar-refractivity contribution in [1.29, 1.82) is 0 Å². The van der Waals surface area contributed by atoms with Crippen molar-refractivity contribution >= 4 is 11.3 Å². The normalized spacial score (nSPS) is 10.4. The number of aryl methyl sites for hydroxylation is 1. The predicted octanol–water partition coefficient (Wildman–Crippen LogP) is 5.82. The fourth-order valence-corrected chi connectivity index (χ4v) is 2.97. The third kappa shape index (κ3) is 8.37. The van der Waals surface area contributed by atoms with E-state index in [0.29, 0.717) is 0 Å². The van der Waals surface area contributed by atoms with Crippen LogP contribution in [0.1, 0.15) is 69.1 Å². The molecule has 0 N–H and O–H groups in total. The van der Waals surface area contributed by atoms with Gasteiger partial charge in [0.25, 0.3) is 0 Å². The molecule has 0 unspecified atom stereocenters. The third-order valence-corrected chi connectivity index (χ3v) is 4.26. The van der Waals surface area contributed by atoms with Crippen LogP contribution in [0.25, 0.3) is 0 Å². The Morgan fingerprint density at radius 2 is 1.50 bits per heavy atom. The van der Waals surface area contributed by atoms with Gasteiger partial charge in [-0.1, -0.05) is 51.0 Å².